The van der Waals surface area contributed by atoms with Crippen LogP contribution >= 0.6 is 0 Å². The molecular weight excluding hydrogens is 178 g/mol. The Balaban J connectivity index is 2.00. The van der Waals surface area contributed by atoms with Crippen molar-refractivity contribution in [3.8, 4) is 0 Å². The van der Waals surface area contributed by atoms with Gasteiger partial charge in [-0.1, -0.05) is 12.2 Å². The third-order valence-electron chi connectivity index (χ3n) is 2.54. The van der Waals surface area contributed by atoms with Gasteiger partial charge in [0.1, 0.15) is 0 Å². The average Bonchev–Trinajstić information content (AvgIpc) is 2.25. The first kappa shape index (κ1) is 11.2. The lowest BCUT2D eigenvalue weighted by Crippen LogP contribution is -2.26. The molecule has 1 atom stereocenters. The Hall–Kier alpha value is -0.830. The Morgan fingerprint density at radius 1 is 1.64 bits per heavy atom. The third-order valence-corrected chi connectivity index (χ3v) is 2.54. The number of carbonyl (C=O) groups excluding carboxylic acids is 1. The van der Waals surface area contributed by atoms with Crippen LogP contribution in [0.15, 0.2) is 12.2 Å². The van der Waals surface area contributed by atoms with E-state index in [2.05, 4.69) is 22.2 Å². The first-order chi connectivity index (χ1) is 6.83. The minimum atomic E-state index is -0.191. The fraction of sp³-hybridized carbons (Fsp3) is 0.727. The van der Waals surface area contributed by atoms with E-state index in [9.17, 15) is 4.79 Å². The van der Waals surface area contributed by atoms with E-state index in [0.717, 1.165) is 13.0 Å². The summed E-state index contributed by atoms with van der Waals surface area (Å²) in [5, 5.41) is 3.07. The van der Waals surface area contributed by atoms with Gasteiger partial charge in [-0.05, 0) is 38.1 Å². The summed E-state index contributed by atoms with van der Waals surface area (Å²) >= 11 is 0. The Kier molecular flexibility index (Phi) is 5.30. The molecule has 0 aromatic carbocycles. The van der Waals surface area contributed by atoms with Crippen LogP contribution in [0.2, 0.25) is 0 Å². The van der Waals surface area contributed by atoms with Gasteiger partial charge in [-0.2, -0.15) is 0 Å². The van der Waals surface area contributed by atoms with Gasteiger partial charge in [0.25, 0.3) is 0 Å². The summed E-state index contributed by atoms with van der Waals surface area (Å²) in [6.45, 7) is 1.22. The van der Waals surface area contributed by atoms with Gasteiger partial charge in [-0.3, -0.25) is 4.79 Å². The summed E-state index contributed by atoms with van der Waals surface area (Å²) in [7, 11) is 1.41. The fourth-order valence-corrected chi connectivity index (χ4v) is 1.67. The molecule has 0 saturated carbocycles. The largest absolute Gasteiger partial charge is 0.468 e. The van der Waals surface area contributed by atoms with Crippen molar-refractivity contribution in [3.05, 3.63) is 12.2 Å². The van der Waals surface area contributed by atoms with Crippen molar-refractivity contribution >= 4 is 5.97 Å². The van der Waals surface area contributed by atoms with E-state index in [-0.39, 0.29) is 5.97 Å². The molecule has 3 nitrogen and oxygen atoms in total. The SMILES string of the molecule is COC(=O)CNCCC1C=CCCC1. The summed E-state index contributed by atoms with van der Waals surface area (Å²) in [5.41, 5.74) is 0. The fourth-order valence-electron chi connectivity index (χ4n) is 1.67. The minimum Gasteiger partial charge on any atom is -0.468 e. The van der Waals surface area contributed by atoms with Crippen molar-refractivity contribution in [3.63, 3.8) is 0 Å². The smallest absolute Gasteiger partial charge is 0.319 e. The molecule has 0 amide bonds. The van der Waals surface area contributed by atoms with Gasteiger partial charge in [0.15, 0.2) is 0 Å². The van der Waals surface area contributed by atoms with Gasteiger partial charge in [-0.25, -0.2) is 0 Å². The zero-order valence-corrected chi connectivity index (χ0v) is 8.79. The highest BCUT2D eigenvalue weighted by atomic mass is 16.5. The van der Waals surface area contributed by atoms with E-state index in [0.29, 0.717) is 12.5 Å². The van der Waals surface area contributed by atoms with Gasteiger partial charge in [-0.15, -0.1) is 0 Å². The molecule has 0 spiro atoms. The normalized spacial score (nSPS) is 20.8. The van der Waals surface area contributed by atoms with Crippen molar-refractivity contribution in [2.75, 3.05) is 20.2 Å². The topological polar surface area (TPSA) is 38.3 Å². The Morgan fingerprint density at radius 3 is 3.14 bits per heavy atom. The highest BCUT2D eigenvalue weighted by molar-refractivity contribution is 5.71. The van der Waals surface area contributed by atoms with Crippen molar-refractivity contribution in [1.82, 2.24) is 5.32 Å². The quantitative estimate of drug-likeness (QED) is 0.412. The van der Waals surface area contributed by atoms with E-state index in [1.807, 2.05) is 0 Å². The first-order valence-electron chi connectivity index (χ1n) is 5.27. The maximum atomic E-state index is 10.8. The lowest BCUT2D eigenvalue weighted by Gasteiger charge is -2.15. The molecular formula is C11H19NO2. The summed E-state index contributed by atoms with van der Waals surface area (Å²) in [5.74, 6) is 0.512. The maximum absolute atomic E-state index is 10.8. The van der Waals surface area contributed by atoms with Gasteiger partial charge in [0.05, 0.1) is 13.7 Å². The standard InChI is InChI=1S/C11H19NO2/c1-14-11(13)9-12-8-7-10-5-3-2-4-6-10/h3,5,10,12H,2,4,6-9H2,1H3. The molecule has 80 valence electrons. The molecule has 0 aromatic rings. The molecule has 1 N–H and O–H groups in total. The third kappa shape index (κ3) is 4.42. The number of methoxy groups -OCH3 is 1. The Morgan fingerprint density at radius 2 is 2.50 bits per heavy atom. The van der Waals surface area contributed by atoms with Crippen molar-refractivity contribution in [1.29, 1.82) is 0 Å². The molecule has 0 radical (unpaired) electrons. The van der Waals surface area contributed by atoms with Gasteiger partial charge < -0.3 is 10.1 Å². The summed E-state index contributed by atoms with van der Waals surface area (Å²) in [4.78, 5) is 10.8. The molecule has 0 fully saturated rings. The number of hydrogen-bond acceptors (Lipinski definition) is 3. The van der Waals surface area contributed by atoms with Crippen LogP contribution in [0.4, 0.5) is 0 Å². The van der Waals surface area contributed by atoms with Gasteiger partial charge in [0, 0.05) is 0 Å². The van der Waals surface area contributed by atoms with Gasteiger partial charge in [0.2, 0.25) is 0 Å². The van der Waals surface area contributed by atoms with Crippen LogP contribution in [-0.2, 0) is 9.53 Å². The zero-order chi connectivity index (χ0) is 10.2. The summed E-state index contributed by atoms with van der Waals surface area (Å²) in [6.07, 6.45) is 9.49. The first-order valence-corrected chi connectivity index (χ1v) is 5.27. The molecule has 1 unspecified atom stereocenters. The molecule has 0 aromatic heterocycles. The number of rotatable bonds is 5. The number of ether oxygens (including phenoxy) is 1. The Bertz CT molecular complexity index is 201. The Labute approximate surface area is 85.5 Å². The van der Waals surface area contributed by atoms with Gasteiger partial charge >= 0.3 is 5.97 Å². The molecule has 14 heavy (non-hydrogen) atoms. The van der Waals surface area contributed by atoms with Crippen molar-refractivity contribution in [2.45, 2.75) is 25.7 Å². The van der Waals surface area contributed by atoms with Crippen LogP contribution < -0.4 is 5.32 Å². The molecule has 0 heterocycles. The molecule has 1 aliphatic carbocycles. The average molecular weight is 197 g/mol. The highest BCUT2D eigenvalue weighted by Crippen LogP contribution is 2.19. The molecule has 0 saturated heterocycles. The van der Waals surface area contributed by atoms with Crippen LogP contribution in [0.1, 0.15) is 25.7 Å². The van der Waals surface area contributed by atoms with Crippen molar-refractivity contribution < 1.29 is 9.53 Å². The number of nitrogens with one attached hydrogen (secondary N) is 1. The van der Waals surface area contributed by atoms with E-state index < -0.39 is 0 Å². The lowest BCUT2D eigenvalue weighted by atomic mass is 9.93. The molecule has 0 bridgehead atoms. The van der Waals surface area contributed by atoms with E-state index in [1.54, 1.807) is 0 Å². The van der Waals surface area contributed by atoms with E-state index >= 15 is 0 Å². The molecule has 1 aliphatic rings. The van der Waals surface area contributed by atoms with Crippen LogP contribution in [0.5, 0.6) is 0 Å². The van der Waals surface area contributed by atoms with Crippen LogP contribution in [0.25, 0.3) is 0 Å². The number of esters is 1. The van der Waals surface area contributed by atoms with E-state index in [4.69, 9.17) is 0 Å². The van der Waals surface area contributed by atoms with E-state index in [1.165, 1.54) is 26.4 Å². The molecule has 1 rings (SSSR count). The predicted molar refractivity (Wildman–Crippen MR) is 56.0 cm³/mol. The second kappa shape index (κ2) is 6.60. The molecule has 3 heteroatoms. The summed E-state index contributed by atoms with van der Waals surface area (Å²) < 4.78 is 4.53. The van der Waals surface area contributed by atoms with Crippen LogP contribution in [0.3, 0.4) is 0 Å². The lowest BCUT2D eigenvalue weighted by molar-refractivity contribution is -0.139. The summed E-state index contributed by atoms with van der Waals surface area (Å²) in [6, 6.07) is 0. The molecule has 0 aliphatic heterocycles. The second-order valence-electron chi connectivity index (χ2n) is 3.66. The number of carbonyl (C=O) groups is 1. The zero-order valence-electron chi connectivity index (χ0n) is 8.79. The van der Waals surface area contributed by atoms with Crippen LogP contribution in [-0.4, -0.2) is 26.2 Å². The monoisotopic (exact) mass is 197 g/mol. The van der Waals surface area contributed by atoms with Crippen LogP contribution in [0, 0.1) is 5.92 Å². The minimum absolute atomic E-state index is 0.191. The van der Waals surface area contributed by atoms with Crippen molar-refractivity contribution in [2.24, 2.45) is 5.92 Å². The number of allylic oxidation sites excluding steroid dienone is 2. The second-order valence-corrected chi connectivity index (χ2v) is 3.66. The number of hydrogen-bond donors (Lipinski definition) is 1. The predicted octanol–water partition coefficient (Wildman–Crippen LogP) is 1.50. The maximum Gasteiger partial charge on any atom is 0.319 e. The highest BCUT2D eigenvalue weighted by Gasteiger charge is 2.07.